The van der Waals surface area contributed by atoms with E-state index in [0.717, 1.165) is 29.7 Å². The van der Waals surface area contributed by atoms with Crippen LogP contribution in [0.5, 0.6) is 0 Å². The van der Waals surface area contributed by atoms with E-state index < -0.39 is 22.1 Å². The summed E-state index contributed by atoms with van der Waals surface area (Å²) in [5.74, 6) is 0.0969. The van der Waals surface area contributed by atoms with Gasteiger partial charge in [0.25, 0.3) is 11.2 Å². The average molecular weight is 320 g/mol. The molecule has 0 aromatic carbocycles. The molecule has 124 valence electrons. The molecule has 0 spiro atoms. The van der Waals surface area contributed by atoms with Crippen LogP contribution in [-0.2, 0) is 11.3 Å². The Labute approximate surface area is 133 Å². The predicted octanol–water partition coefficient (Wildman–Crippen LogP) is 1.57. The average Bonchev–Trinajstić information content (AvgIpc) is 2.46. The molecule has 0 saturated carbocycles. The van der Waals surface area contributed by atoms with Crippen LogP contribution in [0.3, 0.4) is 0 Å². The highest BCUT2D eigenvalue weighted by atomic mass is 16.6. The molecule has 1 aromatic rings. The minimum absolute atomic E-state index is 0.0604. The van der Waals surface area contributed by atoms with Crippen molar-refractivity contribution in [3.05, 3.63) is 38.3 Å². The number of amides is 1. The van der Waals surface area contributed by atoms with Crippen molar-refractivity contribution in [2.24, 2.45) is 5.92 Å². The largest absolute Gasteiger partial charge is 0.352 e. The first-order chi connectivity index (χ1) is 10.7. The molecule has 1 amide bonds. The van der Waals surface area contributed by atoms with E-state index >= 15 is 0 Å². The van der Waals surface area contributed by atoms with Crippen molar-refractivity contribution in [3.63, 3.8) is 0 Å². The van der Waals surface area contributed by atoms with Crippen molar-refractivity contribution in [2.45, 2.75) is 46.2 Å². The quantitative estimate of drug-likeness (QED) is 0.604. The van der Waals surface area contributed by atoms with E-state index in [4.69, 9.17) is 5.26 Å². The van der Waals surface area contributed by atoms with E-state index in [1.54, 1.807) is 6.07 Å². The smallest absolute Gasteiger partial charge is 0.287 e. The highest BCUT2D eigenvalue weighted by Crippen LogP contribution is 2.10. The summed E-state index contributed by atoms with van der Waals surface area (Å²) in [6.07, 6.45) is 2.73. The molecule has 0 saturated heterocycles. The number of aromatic nitrogens is 1. The molecular weight excluding hydrogens is 300 g/mol. The molecule has 0 unspecified atom stereocenters. The third-order valence-electron chi connectivity index (χ3n) is 3.30. The van der Waals surface area contributed by atoms with Crippen LogP contribution in [0.2, 0.25) is 0 Å². The first-order valence-corrected chi connectivity index (χ1v) is 7.33. The van der Waals surface area contributed by atoms with Gasteiger partial charge in [-0.25, -0.2) is 0 Å². The van der Waals surface area contributed by atoms with Crippen LogP contribution in [-0.4, -0.2) is 21.4 Å². The normalized spacial score (nSPS) is 11.8. The maximum atomic E-state index is 12.0. The Bertz CT molecular complexity index is 688. The van der Waals surface area contributed by atoms with Gasteiger partial charge >= 0.3 is 0 Å². The van der Waals surface area contributed by atoms with Crippen molar-refractivity contribution in [1.82, 2.24) is 9.88 Å². The third-order valence-corrected chi connectivity index (χ3v) is 3.30. The SMILES string of the molecule is CC(C)CC[C@@H](C)NC(=O)Cn1cc([N+](=O)[O-])cc(C#N)c1=O. The van der Waals surface area contributed by atoms with Crippen LogP contribution in [0, 0.1) is 27.4 Å². The molecule has 1 rings (SSSR count). The van der Waals surface area contributed by atoms with Gasteiger partial charge in [-0.1, -0.05) is 13.8 Å². The highest BCUT2D eigenvalue weighted by Gasteiger charge is 2.16. The van der Waals surface area contributed by atoms with Gasteiger partial charge in [0.15, 0.2) is 0 Å². The minimum Gasteiger partial charge on any atom is -0.352 e. The summed E-state index contributed by atoms with van der Waals surface area (Å²) in [4.78, 5) is 34.0. The number of nitrogens with one attached hydrogen (secondary N) is 1. The number of pyridine rings is 1. The molecule has 0 aliphatic heterocycles. The lowest BCUT2D eigenvalue weighted by atomic mass is 10.0. The van der Waals surface area contributed by atoms with Gasteiger partial charge in [0.05, 0.1) is 11.1 Å². The van der Waals surface area contributed by atoms with Crippen LogP contribution in [0.15, 0.2) is 17.1 Å². The first-order valence-electron chi connectivity index (χ1n) is 7.33. The Morgan fingerprint density at radius 1 is 1.43 bits per heavy atom. The van der Waals surface area contributed by atoms with Gasteiger partial charge in [-0.2, -0.15) is 5.26 Å². The molecule has 0 aliphatic carbocycles. The number of carbonyl (C=O) groups is 1. The van der Waals surface area contributed by atoms with E-state index in [1.165, 1.54) is 0 Å². The van der Waals surface area contributed by atoms with E-state index in [-0.39, 0.29) is 18.2 Å². The van der Waals surface area contributed by atoms with Gasteiger partial charge in [-0.05, 0) is 25.7 Å². The highest BCUT2D eigenvalue weighted by molar-refractivity contribution is 5.76. The Morgan fingerprint density at radius 3 is 2.61 bits per heavy atom. The summed E-state index contributed by atoms with van der Waals surface area (Å²) in [5, 5.41) is 22.4. The van der Waals surface area contributed by atoms with Crippen molar-refractivity contribution >= 4 is 11.6 Å². The van der Waals surface area contributed by atoms with Crippen molar-refractivity contribution in [1.29, 1.82) is 5.26 Å². The van der Waals surface area contributed by atoms with Gasteiger partial charge < -0.3 is 5.32 Å². The van der Waals surface area contributed by atoms with Crippen LogP contribution >= 0.6 is 0 Å². The summed E-state index contributed by atoms with van der Waals surface area (Å²) in [6.45, 7) is 5.67. The fraction of sp³-hybridized carbons (Fsp3) is 0.533. The van der Waals surface area contributed by atoms with Crippen LogP contribution in [0.1, 0.15) is 39.2 Å². The second-order valence-electron chi connectivity index (χ2n) is 5.85. The van der Waals surface area contributed by atoms with E-state index in [0.29, 0.717) is 5.92 Å². The number of nitriles is 1. The Kier molecular flexibility index (Phi) is 6.45. The zero-order chi connectivity index (χ0) is 17.6. The molecule has 8 heteroatoms. The molecule has 1 aromatic heterocycles. The summed E-state index contributed by atoms with van der Waals surface area (Å²) >= 11 is 0. The molecule has 1 heterocycles. The molecule has 0 aliphatic rings. The molecular formula is C15H20N4O4. The summed E-state index contributed by atoms with van der Waals surface area (Å²) in [7, 11) is 0. The van der Waals surface area contributed by atoms with Gasteiger partial charge in [-0.3, -0.25) is 24.3 Å². The molecule has 1 atom stereocenters. The lowest BCUT2D eigenvalue weighted by Gasteiger charge is -2.15. The topological polar surface area (TPSA) is 118 Å². The molecule has 0 fully saturated rings. The van der Waals surface area contributed by atoms with Crippen molar-refractivity contribution in [3.8, 4) is 6.07 Å². The number of hydrogen-bond donors (Lipinski definition) is 1. The maximum absolute atomic E-state index is 12.0. The van der Waals surface area contributed by atoms with Crippen LogP contribution in [0.25, 0.3) is 0 Å². The van der Waals surface area contributed by atoms with Crippen LogP contribution in [0.4, 0.5) is 5.69 Å². The number of hydrogen-bond acceptors (Lipinski definition) is 5. The van der Waals surface area contributed by atoms with Gasteiger partial charge in [0, 0.05) is 12.1 Å². The lowest BCUT2D eigenvalue weighted by Crippen LogP contribution is -2.37. The van der Waals surface area contributed by atoms with E-state index in [2.05, 4.69) is 19.2 Å². The Hall–Kier alpha value is -2.69. The van der Waals surface area contributed by atoms with Crippen molar-refractivity contribution in [2.75, 3.05) is 0 Å². The number of nitro groups is 1. The van der Waals surface area contributed by atoms with Crippen LogP contribution < -0.4 is 10.9 Å². The van der Waals surface area contributed by atoms with E-state index in [1.807, 2.05) is 6.92 Å². The molecule has 8 nitrogen and oxygen atoms in total. The summed E-state index contributed by atoms with van der Waals surface area (Å²) < 4.78 is 0.890. The summed E-state index contributed by atoms with van der Waals surface area (Å²) in [5.41, 5.74) is -1.48. The Balaban J connectivity index is 2.86. The maximum Gasteiger partial charge on any atom is 0.287 e. The van der Waals surface area contributed by atoms with Gasteiger partial charge in [0.1, 0.15) is 18.2 Å². The fourth-order valence-corrected chi connectivity index (χ4v) is 2.05. The Morgan fingerprint density at radius 2 is 2.09 bits per heavy atom. The molecule has 0 bridgehead atoms. The second-order valence-corrected chi connectivity index (χ2v) is 5.85. The number of rotatable bonds is 7. The minimum atomic E-state index is -0.719. The molecule has 1 N–H and O–H groups in total. The van der Waals surface area contributed by atoms with Gasteiger partial charge in [-0.15, -0.1) is 0 Å². The second kappa shape index (κ2) is 8.08. The first kappa shape index (κ1) is 18.4. The third kappa shape index (κ3) is 5.54. The predicted molar refractivity (Wildman–Crippen MR) is 83.7 cm³/mol. The van der Waals surface area contributed by atoms with Gasteiger partial charge in [0.2, 0.25) is 5.91 Å². The number of nitrogens with zero attached hydrogens (tertiary/aromatic N) is 3. The molecule has 0 radical (unpaired) electrons. The lowest BCUT2D eigenvalue weighted by molar-refractivity contribution is -0.385. The monoisotopic (exact) mass is 320 g/mol. The zero-order valence-electron chi connectivity index (χ0n) is 13.4. The number of carbonyl (C=O) groups excluding carboxylic acids is 1. The zero-order valence-corrected chi connectivity index (χ0v) is 13.4. The standard InChI is InChI=1S/C15H20N4O4/c1-10(2)4-5-11(3)17-14(20)9-18-8-13(19(22)23)6-12(7-16)15(18)21/h6,8,10-11H,4-5,9H2,1-3H3,(H,17,20)/t11-/m1/s1. The molecule has 23 heavy (non-hydrogen) atoms. The van der Waals surface area contributed by atoms with E-state index in [9.17, 15) is 19.7 Å². The van der Waals surface area contributed by atoms with Crippen molar-refractivity contribution < 1.29 is 9.72 Å². The fourth-order valence-electron chi connectivity index (χ4n) is 2.05. The summed E-state index contributed by atoms with van der Waals surface area (Å²) in [6, 6.07) is 2.45.